The van der Waals surface area contributed by atoms with E-state index in [-0.39, 0.29) is 29.6 Å². The predicted molar refractivity (Wildman–Crippen MR) is 66.5 cm³/mol. The number of carbonyl (C=O) groups excluding carboxylic acids is 1. The maximum absolute atomic E-state index is 12.2. The zero-order valence-electron chi connectivity index (χ0n) is 11.1. The summed E-state index contributed by atoms with van der Waals surface area (Å²) in [4.78, 5) is 14.1. The molecular formula is C13H24N2O2. The van der Waals surface area contributed by atoms with Crippen molar-refractivity contribution in [1.29, 1.82) is 0 Å². The second kappa shape index (κ2) is 4.58. The third-order valence-corrected chi connectivity index (χ3v) is 3.90. The minimum atomic E-state index is -0.0736. The quantitative estimate of drug-likeness (QED) is 0.787. The normalized spacial score (nSPS) is 30.5. The SMILES string of the molecule is CC(C)(C)C(N)CC(=O)N1CC2CCC(C1)O2. The van der Waals surface area contributed by atoms with E-state index >= 15 is 0 Å². The Morgan fingerprint density at radius 3 is 2.35 bits per heavy atom. The van der Waals surface area contributed by atoms with Crippen molar-refractivity contribution in [3.05, 3.63) is 0 Å². The summed E-state index contributed by atoms with van der Waals surface area (Å²) in [6.45, 7) is 7.74. The van der Waals surface area contributed by atoms with Gasteiger partial charge < -0.3 is 15.4 Å². The largest absolute Gasteiger partial charge is 0.371 e. The summed E-state index contributed by atoms with van der Waals surface area (Å²) in [6, 6.07) is -0.0736. The van der Waals surface area contributed by atoms with Crippen molar-refractivity contribution in [2.45, 2.75) is 58.3 Å². The van der Waals surface area contributed by atoms with Crippen molar-refractivity contribution in [3.8, 4) is 0 Å². The molecule has 17 heavy (non-hydrogen) atoms. The molecule has 98 valence electrons. The van der Waals surface area contributed by atoms with Crippen LogP contribution in [-0.4, -0.2) is 42.1 Å². The topological polar surface area (TPSA) is 55.6 Å². The lowest BCUT2D eigenvalue weighted by atomic mass is 9.85. The molecule has 0 aromatic heterocycles. The number of fused-ring (bicyclic) bond motifs is 2. The van der Waals surface area contributed by atoms with E-state index in [4.69, 9.17) is 10.5 Å². The number of rotatable bonds is 2. The van der Waals surface area contributed by atoms with Gasteiger partial charge in [-0.1, -0.05) is 20.8 Å². The van der Waals surface area contributed by atoms with Gasteiger partial charge in [-0.2, -0.15) is 0 Å². The van der Waals surface area contributed by atoms with Crippen LogP contribution in [0.15, 0.2) is 0 Å². The van der Waals surface area contributed by atoms with Crippen LogP contribution in [0.5, 0.6) is 0 Å². The molecule has 4 nitrogen and oxygen atoms in total. The van der Waals surface area contributed by atoms with E-state index in [1.165, 1.54) is 0 Å². The number of amides is 1. The number of nitrogens with zero attached hydrogens (tertiary/aromatic N) is 1. The zero-order chi connectivity index (χ0) is 12.6. The molecule has 3 atom stereocenters. The van der Waals surface area contributed by atoms with Crippen molar-refractivity contribution in [2.24, 2.45) is 11.1 Å². The van der Waals surface area contributed by atoms with Gasteiger partial charge in [0.1, 0.15) is 0 Å². The molecule has 2 heterocycles. The number of ether oxygens (including phenoxy) is 1. The van der Waals surface area contributed by atoms with Crippen molar-refractivity contribution < 1.29 is 9.53 Å². The Labute approximate surface area is 103 Å². The van der Waals surface area contributed by atoms with Crippen LogP contribution < -0.4 is 5.73 Å². The summed E-state index contributed by atoms with van der Waals surface area (Å²) >= 11 is 0. The second-order valence-corrected chi connectivity index (χ2v) is 6.43. The molecular weight excluding hydrogens is 216 g/mol. The average molecular weight is 240 g/mol. The van der Waals surface area contributed by atoms with Gasteiger partial charge in [-0.05, 0) is 18.3 Å². The average Bonchev–Trinajstić information content (AvgIpc) is 2.56. The summed E-state index contributed by atoms with van der Waals surface area (Å²) in [5.41, 5.74) is 6.05. The van der Waals surface area contributed by atoms with Gasteiger partial charge in [-0.15, -0.1) is 0 Å². The molecule has 4 heteroatoms. The molecule has 0 aromatic carbocycles. The minimum Gasteiger partial charge on any atom is -0.371 e. The van der Waals surface area contributed by atoms with Crippen molar-refractivity contribution in [3.63, 3.8) is 0 Å². The van der Waals surface area contributed by atoms with Gasteiger partial charge in [0, 0.05) is 25.6 Å². The van der Waals surface area contributed by atoms with Gasteiger partial charge >= 0.3 is 0 Å². The van der Waals surface area contributed by atoms with E-state index in [9.17, 15) is 4.79 Å². The number of likely N-dealkylation sites (tertiary alicyclic amines) is 1. The Morgan fingerprint density at radius 1 is 1.35 bits per heavy atom. The Morgan fingerprint density at radius 2 is 1.88 bits per heavy atom. The molecule has 0 aromatic rings. The van der Waals surface area contributed by atoms with E-state index in [1.807, 2.05) is 4.90 Å². The van der Waals surface area contributed by atoms with E-state index in [0.717, 1.165) is 25.9 Å². The molecule has 2 aliphatic rings. The van der Waals surface area contributed by atoms with Crippen LogP contribution in [0.2, 0.25) is 0 Å². The smallest absolute Gasteiger partial charge is 0.224 e. The molecule has 0 aliphatic carbocycles. The molecule has 2 rings (SSSR count). The molecule has 2 N–H and O–H groups in total. The summed E-state index contributed by atoms with van der Waals surface area (Å²) in [7, 11) is 0. The highest BCUT2D eigenvalue weighted by atomic mass is 16.5. The number of hydrogen-bond donors (Lipinski definition) is 1. The lowest BCUT2D eigenvalue weighted by molar-refractivity contribution is -0.140. The summed E-state index contributed by atoms with van der Waals surface area (Å²) < 4.78 is 5.72. The molecule has 1 amide bonds. The molecule has 2 fully saturated rings. The van der Waals surface area contributed by atoms with Gasteiger partial charge in [0.15, 0.2) is 0 Å². The Balaban J connectivity index is 1.88. The Kier molecular flexibility index (Phi) is 3.46. The molecule has 0 saturated carbocycles. The zero-order valence-corrected chi connectivity index (χ0v) is 11.1. The van der Waals surface area contributed by atoms with E-state index < -0.39 is 0 Å². The van der Waals surface area contributed by atoms with E-state index in [0.29, 0.717) is 6.42 Å². The minimum absolute atomic E-state index is 0.0130. The maximum Gasteiger partial charge on any atom is 0.224 e. The maximum atomic E-state index is 12.2. The third-order valence-electron chi connectivity index (χ3n) is 3.90. The number of nitrogens with two attached hydrogens (primary N) is 1. The number of morpholine rings is 1. The second-order valence-electron chi connectivity index (χ2n) is 6.43. The highest BCUT2D eigenvalue weighted by molar-refractivity contribution is 5.77. The number of carbonyl (C=O) groups is 1. The fourth-order valence-electron chi connectivity index (χ4n) is 2.44. The molecule has 0 radical (unpaired) electrons. The first-order valence-corrected chi connectivity index (χ1v) is 6.55. The van der Waals surface area contributed by atoms with Crippen LogP contribution in [0.1, 0.15) is 40.0 Å². The van der Waals surface area contributed by atoms with Crippen molar-refractivity contribution in [1.82, 2.24) is 4.90 Å². The highest BCUT2D eigenvalue weighted by Gasteiger charge is 2.36. The van der Waals surface area contributed by atoms with Gasteiger partial charge in [0.25, 0.3) is 0 Å². The van der Waals surface area contributed by atoms with Gasteiger partial charge in [0.05, 0.1) is 12.2 Å². The third kappa shape index (κ3) is 2.99. The number of hydrogen-bond acceptors (Lipinski definition) is 3. The standard InChI is InChI=1S/C13H24N2O2/c1-13(2,3)11(14)6-12(16)15-7-9-4-5-10(8-15)17-9/h9-11H,4-8,14H2,1-3H3. The molecule has 0 spiro atoms. The van der Waals surface area contributed by atoms with Gasteiger partial charge in [0.2, 0.25) is 5.91 Å². The fourth-order valence-corrected chi connectivity index (χ4v) is 2.44. The van der Waals surface area contributed by atoms with E-state index in [1.54, 1.807) is 0 Å². The van der Waals surface area contributed by atoms with Gasteiger partial charge in [-0.3, -0.25) is 4.79 Å². The van der Waals surface area contributed by atoms with Crippen LogP contribution in [0.4, 0.5) is 0 Å². The van der Waals surface area contributed by atoms with Crippen molar-refractivity contribution in [2.75, 3.05) is 13.1 Å². The molecule has 2 bridgehead atoms. The summed E-state index contributed by atoms with van der Waals surface area (Å²) in [5.74, 6) is 0.188. The monoisotopic (exact) mass is 240 g/mol. The van der Waals surface area contributed by atoms with Crippen LogP contribution in [0, 0.1) is 5.41 Å². The van der Waals surface area contributed by atoms with Crippen LogP contribution >= 0.6 is 0 Å². The molecule has 2 saturated heterocycles. The van der Waals surface area contributed by atoms with E-state index in [2.05, 4.69) is 20.8 Å². The fraction of sp³-hybridized carbons (Fsp3) is 0.923. The van der Waals surface area contributed by atoms with Crippen molar-refractivity contribution >= 4 is 5.91 Å². The first kappa shape index (κ1) is 12.8. The van der Waals surface area contributed by atoms with Crippen LogP contribution in [0.25, 0.3) is 0 Å². The highest BCUT2D eigenvalue weighted by Crippen LogP contribution is 2.27. The van der Waals surface area contributed by atoms with Crippen LogP contribution in [0.3, 0.4) is 0 Å². The first-order chi connectivity index (χ1) is 7.86. The van der Waals surface area contributed by atoms with Gasteiger partial charge in [-0.25, -0.2) is 0 Å². The summed E-state index contributed by atoms with van der Waals surface area (Å²) in [6.07, 6.45) is 3.18. The Hall–Kier alpha value is -0.610. The predicted octanol–water partition coefficient (Wildman–Crippen LogP) is 1.14. The van der Waals surface area contributed by atoms with Crippen LogP contribution in [-0.2, 0) is 9.53 Å². The lowest BCUT2D eigenvalue weighted by Gasteiger charge is -2.34. The summed E-state index contributed by atoms with van der Waals surface area (Å²) in [5, 5.41) is 0. The first-order valence-electron chi connectivity index (χ1n) is 6.55. The molecule has 3 unspecified atom stereocenters. The molecule has 2 aliphatic heterocycles. The lowest BCUT2D eigenvalue weighted by Crippen LogP contribution is -2.48. The Bertz CT molecular complexity index is 286.